The van der Waals surface area contributed by atoms with E-state index < -0.39 is 5.91 Å². The maximum absolute atomic E-state index is 10.2. The molecule has 3 nitrogen and oxygen atoms in total. The number of nitrogens with one attached hydrogen (secondary N) is 1. The van der Waals surface area contributed by atoms with Gasteiger partial charge in [-0.15, -0.1) is 0 Å². The molecule has 0 saturated heterocycles. The molecule has 1 N–H and O–H groups in total. The van der Waals surface area contributed by atoms with E-state index in [2.05, 4.69) is 4.98 Å². The van der Waals surface area contributed by atoms with Crippen LogP contribution in [0.15, 0.2) is 24.4 Å². The van der Waals surface area contributed by atoms with Crippen LogP contribution in [0.3, 0.4) is 0 Å². The number of pyridine rings is 1. The van der Waals surface area contributed by atoms with Crippen LogP contribution in [0.5, 0.6) is 0 Å². The summed E-state index contributed by atoms with van der Waals surface area (Å²) in [6, 6.07) is 5.30. The zero-order valence-electron chi connectivity index (χ0n) is 5.37. The summed E-state index contributed by atoms with van der Waals surface area (Å²) in [7, 11) is 0. The molecule has 1 aromatic heterocycles. The smallest absolute Gasteiger partial charge is 0.244 e. The molecule has 51 valence electrons. The molecule has 0 aromatic carbocycles. The number of carbonyl (C=O) groups is 1. The van der Waals surface area contributed by atoms with Gasteiger partial charge in [-0.05, 0) is 12.1 Å². The van der Waals surface area contributed by atoms with Crippen molar-refractivity contribution >= 4 is 5.91 Å². The van der Waals surface area contributed by atoms with E-state index in [1.807, 2.05) is 0 Å². The molecule has 1 aromatic rings. The maximum Gasteiger partial charge on any atom is 0.244 e. The van der Waals surface area contributed by atoms with Crippen molar-refractivity contribution in [2.75, 3.05) is 0 Å². The fraction of sp³-hybridized carbons (Fsp3) is 0.143. The Morgan fingerprint density at radius 2 is 2.40 bits per heavy atom. The van der Waals surface area contributed by atoms with Gasteiger partial charge in [-0.25, -0.2) is 0 Å². The first-order chi connectivity index (χ1) is 4.79. The van der Waals surface area contributed by atoms with Gasteiger partial charge in [0.05, 0.1) is 6.42 Å². The van der Waals surface area contributed by atoms with Gasteiger partial charge in [0.2, 0.25) is 5.91 Å². The normalized spacial score (nSPS) is 9.20. The summed E-state index contributed by atoms with van der Waals surface area (Å²) in [5, 5.41) is 0. The number of amides is 1. The van der Waals surface area contributed by atoms with Crippen molar-refractivity contribution in [1.82, 2.24) is 10.7 Å². The predicted octanol–water partition coefficient (Wildman–Crippen LogP) is 0.434. The van der Waals surface area contributed by atoms with Crippen molar-refractivity contribution in [2.45, 2.75) is 6.42 Å². The molecule has 0 unspecified atom stereocenters. The first-order valence-electron chi connectivity index (χ1n) is 2.93. The van der Waals surface area contributed by atoms with Crippen LogP contribution in [0.4, 0.5) is 0 Å². The number of hydrogen-bond acceptors (Lipinski definition) is 2. The second-order valence-electron chi connectivity index (χ2n) is 1.92. The number of hydrogen-bond donors (Lipinski definition) is 0. The Kier molecular flexibility index (Phi) is 1.99. The molecule has 0 spiro atoms. The summed E-state index contributed by atoms with van der Waals surface area (Å²) in [4.78, 5) is 14.1. The third-order valence-electron chi connectivity index (χ3n) is 1.07. The molecule has 3 heteroatoms. The highest BCUT2D eigenvalue weighted by molar-refractivity contribution is 5.75. The average Bonchev–Trinajstić information content (AvgIpc) is 1.88. The highest BCUT2D eigenvalue weighted by atomic mass is 16.1. The Balaban J connectivity index is 2.67. The van der Waals surface area contributed by atoms with E-state index in [-0.39, 0.29) is 6.42 Å². The highest BCUT2D eigenvalue weighted by Gasteiger charge is 1.96. The van der Waals surface area contributed by atoms with Crippen LogP contribution in [0.1, 0.15) is 5.69 Å². The number of nitrogens with zero attached hydrogens (tertiary/aromatic N) is 1. The lowest BCUT2D eigenvalue weighted by Gasteiger charge is -1.91. The molecule has 0 atom stereocenters. The molecule has 0 aliphatic carbocycles. The summed E-state index contributed by atoms with van der Waals surface area (Å²) < 4.78 is 0. The molecule has 1 amide bonds. The van der Waals surface area contributed by atoms with Gasteiger partial charge in [-0.2, -0.15) is 0 Å². The van der Waals surface area contributed by atoms with Crippen LogP contribution in [-0.4, -0.2) is 10.9 Å². The number of aromatic nitrogens is 1. The summed E-state index contributed by atoms with van der Waals surface area (Å²) >= 11 is 0. The SMILES string of the molecule is [NH]C(=O)Cc1ccccn1. The summed E-state index contributed by atoms with van der Waals surface area (Å²) in [5.74, 6) is -0.598. The monoisotopic (exact) mass is 135 g/mol. The minimum Gasteiger partial charge on any atom is -0.273 e. The minimum atomic E-state index is -0.598. The van der Waals surface area contributed by atoms with Gasteiger partial charge in [-0.3, -0.25) is 15.5 Å². The molecule has 1 rings (SSSR count). The largest absolute Gasteiger partial charge is 0.273 e. The fourth-order valence-corrected chi connectivity index (χ4v) is 0.667. The van der Waals surface area contributed by atoms with Crippen molar-refractivity contribution in [3.63, 3.8) is 0 Å². The van der Waals surface area contributed by atoms with Gasteiger partial charge >= 0.3 is 0 Å². The van der Waals surface area contributed by atoms with Gasteiger partial charge in [0.25, 0.3) is 0 Å². The molecule has 0 saturated carbocycles. The molecule has 10 heavy (non-hydrogen) atoms. The van der Waals surface area contributed by atoms with E-state index in [0.717, 1.165) is 0 Å². The van der Waals surface area contributed by atoms with E-state index in [4.69, 9.17) is 5.73 Å². The van der Waals surface area contributed by atoms with Crippen molar-refractivity contribution < 1.29 is 4.79 Å². The summed E-state index contributed by atoms with van der Waals surface area (Å²) in [6.07, 6.45) is 1.72. The van der Waals surface area contributed by atoms with Crippen LogP contribution in [0.2, 0.25) is 0 Å². The molecular formula is C7H7N2O. The third kappa shape index (κ3) is 1.85. The lowest BCUT2D eigenvalue weighted by Crippen LogP contribution is -2.03. The molecule has 1 heterocycles. The second-order valence-corrected chi connectivity index (χ2v) is 1.92. The molecular weight excluding hydrogens is 128 g/mol. The van der Waals surface area contributed by atoms with Crippen LogP contribution in [-0.2, 0) is 11.2 Å². The molecule has 0 aliphatic heterocycles. The minimum absolute atomic E-state index is 0.112. The number of carbonyl (C=O) groups excluding carboxylic acids is 1. The van der Waals surface area contributed by atoms with Gasteiger partial charge < -0.3 is 0 Å². The molecule has 1 radical (unpaired) electrons. The van der Waals surface area contributed by atoms with E-state index in [1.165, 1.54) is 0 Å². The van der Waals surface area contributed by atoms with Gasteiger partial charge in [0.1, 0.15) is 0 Å². The van der Waals surface area contributed by atoms with Crippen molar-refractivity contribution in [3.05, 3.63) is 30.1 Å². The highest BCUT2D eigenvalue weighted by Crippen LogP contribution is 1.92. The number of rotatable bonds is 2. The molecule has 0 aliphatic rings. The van der Waals surface area contributed by atoms with E-state index >= 15 is 0 Å². The summed E-state index contributed by atoms with van der Waals surface area (Å²) in [5.41, 5.74) is 7.29. The van der Waals surface area contributed by atoms with Crippen molar-refractivity contribution in [1.29, 1.82) is 0 Å². The topological polar surface area (TPSA) is 53.8 Å². The van der Waals surface area contributed by atoms with Gasteiger partial charge in [-0.1, -0.05) is 6.07 Å². The predicted molar refractivity (Wildman–Crippen MR) is 36.0 cm³/mol. The Morgan fingerprint density at radius 1 is 1.60 bits per heavy atom. The lowest BCUT2D eigenvalue weighted by atomic mass is 10.3. The standard InChI is InChI=1S/C7H7N2O/c8-7(10)5-6-3-1-2-4-9-6/h1-4,8H,5H2. The van der Waals surface area contributed by atoms with E-state index in [1.54, 1.807) is 24.4 Å². The molecule has 0 bridgehead atoms. The zero-order chi connectivity index (χ0) is 7.40. The molecule has 0 fully saturated rings. The lowest BCUT2D eigenvalue weighted by molar-refractivity contribution is -0.118. The quantitative estimate of drug-likeness (QED) is 0.590. The van der Waals surface area contributed by atoms with Gasteiger partial charge in [0.15, 0.2) is 0 Å². The fourth-order valence-electron chi connectivity index (χ4n) is 0.667. The maximum atomic E-state index is 10.2. The van der Waals surface area contributed by atoms with Crippen LogP contribution in [0.25, 0.3) is 0 Å². The Hall–Kier alpha value is -1.38. The third-order valence-corrected chi connectivity index (χ3v) is 1.07. The van der Waals surface area contributed by atoms with Crippen molar-refractivity contribution in [2.24, 2.45) is 0 Å². The Bertz CT molecular complexity index is 220. The zero-order valence-corrected chi connectivity index (χ0v) is 5.37. The van der Waals surface area contributed by atoms with Gasteiger partial charge in [0, 0.05) is 11.9 Å². The summed E-state index contributed by atoms with van der Waals surface area (Å²) in [6.45, 7) is 0. The van der Waals surface area contributed by atoms with E-state index in [9.17, 15) is 4.79 Å². The van der Waals surface area contributed by atoms with Crippen LogP contribution < -0.4 is 5.73 Å². The first-order valence-corrected chi connectivity index (χ1v) is 2.93. The van der Waals surface area contributed by atoms with Crippen molar-refractivity contribution in [3.8, 4) is 0 Å². The van der Waals surface area contributed by atoms with Crippen LogP contribution >= 0.6 is 0 Å². The second kappa shape index (κ2) is 2.96. The van der Waals surface area contributed by atoms with E-state index in [0.29, 0.717) is 5.69 Å². The Morgan fingerprint density at radius 3 is 2.90 bits per heavy atom. The van der Waals surface area contributed by atoms with Crippen LogP contribution in [0, 0.1) is 0 Å². The average molecular weight is 135 g/mol. The Labute approximate surface area is 58.9 Å². The first kappa shape index (κ1) is 6.74.